The summed E-state index contributed by atoms with van der Waals surface area (Å²) in [5.74, 6) is 2.09. The van der Waals surface area contributed by atoms with Crippen LogP contribution in [0.25, 0.3) is 0 Å². The first-order valence-corrected chi connectivity index (χ1v) is 6.35. The summed E-state index contributed by atoms with van der Waals surface area (Å²) in [7, 11) is 0. The fourth-order valence-corrected chi connectivity index (χ4v) is 4.25. The zero-order valence-electron chi connectivity index (χ0n) is 8.66. The molecular formula is C10H19NO2S. The number of rotatable bonds is 0. The summed E-state index contributed by atoms with van der Waals surface area (Å²) in [6.07, 6.45) is 2.74. The van der Waals surface area contributed by atoms with Crippen molar-refractivity contribution in [3.8, 4) is 0 Å². The van der Waals surface area contributed by atoms with Crippen LogP contribution < -0.4 is 0 Å². The molecule has 4 heteroatoms. The zero-order valence-corrected chi connectivity index (χ0v) is 9.48. The Hall–Kier alpha value is 0.230. The van der Waals surface area contributed by atoms with Crippen molar-refractivity contribution in [1.29, 1.82) is 0 Å². The quantitative estimate of drug-likeness (QED) is 0.601. The average Bonchev–Trinajstić information content (AvgIpc) is 2.49. The topological polar surface area (TPSA) is 44.0 Å². The van der Waals surface area contributed by atoms with Crippen molar-refractivity contribution < 1.29 is 10.2 Å². The van der Waals surface area contributed by atoms with E-state index in [0.29, 0.717) is 5.44 Å². The molecule has 4 aliphatic rings. The molecule has 2 atom stereocenters. The van der Waals surface area contributed by atoms with Crippen molar-refractivity contribution in [3.05, 3.63) is 0 Å². The predicted molar refractivity (Wildman–Crippen MR) is 58.5 cm³/mol. The highest BCUT2D eigenvalue weighted by atomic mass is 32.2. The second-order valence-corrected chi connectivity index (χ2v) is 5.90. The Balaban J connectivity index is 0.000000750. The summed E-state index contributed by atoms with van der Waals surface area (Å²) >= 11 is 1.99. The van der Waals surface area contributed by atoms with Gasteiger partial charge in [0.05, 0.1) is 5.60 Å². The fraction of sp³-hybridized carbons (Fsp3) is 1.00. The average molecular weight is 217 g/mol. The Morgan fingerprint density at radius 2 is 2.07 bits per heavy atom. The number of hydrogen-bond acceptors (Lipinski definition) is 3. The second-order valence-electron chi connectivity index (χ2n) is 4.61. The molecule has 0 saturated carbocycles. The van der Waals surface area contributed by atoms with Gasteiger partial charge in [-0.15, -0.1) is 11.8 Å². The maximum Gasteiger partial charge on any atom is 0.101 e. The van der Waals surface area contributed by atoms with Gasteiger partial charge >= 0.3 is 0 Å². The summed E-state index contributed by atoms with van der Waals surface area (Å²) in [5.41, 5.74) is 0.682. The molecule has 14 heavy (non-hydrogen) atoms. The fourth-order valence-electron chi connectivity index (χ4n) is 3.08. The molecule has 0 aliphatic carbocycles. The lowest BCUT2D eigenvalue weighted by atomic mass is 9.76. The van der Waals surface area contributed by atoms with Gasteiger partial charge in [0.1, 0.15) is 5.44 Å². The smallest absolute Gasteiger partial charge is 0.101 e. The maximum absolute atomic E-state index is 6.14. The predicted octanol–water partition coefficient (Wildman–Crippen LogP) is 0.735. The van der Waals surface area contributed by atoms with Gasteiger partial charge < -0.3 is 15.1 Å². The number of fused-ring (bicyclic) bond motifs is 2. The number of nitrogens with zero attached hydrogens (tertiary/aromatic N) is 1. The van der Waals surface area contributed by atoms with Crippen LogP contribution in [0.1, 0.15) is 19.8 Å². The van der Waals surface area contributed by atoms with E-state index in [4.69, 9.17) is 4.74 Å². The molecule has 0 amide bonds. The highest BCUT2D eigenvalue weighted by molar-refractivity contribution is 8.00. The van der Waals surface area contributed by atoms with Crippen LogP contribution in [0, 0.1) is 5.92 Å². The van der Waals surface area contributed by atoms with Crippen LogP contribution in [0.15, 0.2) is 0 Å². The van der Waals surface area contributed by atoms with Crippen molar-refractivity contribution in [2.45, 2.75) is 30.8 Å². The van der Waals surface area contributed by atoms with Gasteiger partial charge in [0.2, 0.25) is 0 Å². The van der Waals surface area contributed by atoms with E-state index < -0.39 is 0 Å². The first-order valence-electron chi connectivity index (χ1n) is 5.30. The molecule has 0 aromatic rings. The van der Waals surface area contributed by atoms with Crippen molar-refractivity contribution in [2.75, 3.05) is 25.4 Å². The maximum atomic E-state index is 6.14. The van der Waals surface area contributed by atoms with Crippen LogP contribution in [0.5, 0.6) is 0 Å². The highest BCUT2D eigenvalue weighted by Gasteiger charge is 2.51. The minimum Gasteiger partial charge on any atom is -0.412 e. The standard InChI is InChI=1S/C10H17NOS.H2O/c1-8-12-10(7-13-8)6-11-4-2-9(10)3-5-11;/h8-9H,2-7H2,1H3;1H2/t8-,10-;/m1./s1. The molecule has 82 valence electrons. The van der Waals surface area contributed by atoms with E-state index in [-0.39, 0.29) is 11.1 Å². The number of thioether (sulfide) groups is 1. The third-order valence-electron chi connectivity index (χ3n) is 3.79. The van der Waals surface area contributed by atoms with E-state index in [1.165, 1.54) is 38.2 Å². The Morgan fingerprint density at radius 3 is 2.50 bits per heavy atom. The van der Waals surface area contributed by atoms with Crippen LogP contribution in [0.3, 0.4) is 0 Å². The molecule has 4 heterocycles. The minimum atomic E-state index is 0. The van der Waals surface area contributed by atoms with E-state index >= 15 is 0 Å². The summed E-state index contributed by atoms with van der Waals surface area (Å²) < 4.78 is 6.14. The van der Waals surface area contributed by atoms with E-state index in [1.54, 1.807) is 0 Å². The third-order valence-corrected chi connectivity index (χ3v) is 5.01. The molecule has 2 N–H and O–H groups in total. The lowest BCUT2D eigenvalue weighted by Crippen LogP contribution is -2.60. The van der Waals surface area contributed by atoms with Gasteiger partial charge in [-0.05, 0) is 38.8 Å². The molecular weight excluding hydrogens is 198 g/mol. The first kappa shape index (κ1) is 10.7. The number of hydrogen-bond donors (Lipinski definition) is 0. The van der Waals surface area contributed by atoms with Gasteiger partial charge in [-0.3, -0.25) is 0 Å². The lowest BCUT2D eigenvalue weighted by molar-refractivity contribution is -0.133. The van der Waals surface area contributed by atoms with E-state index in [9.17, 15) is 0 Å². The Bertz CT molecular complexity index is 218. The first-order chi connectivity index (χ1) is 6.28. The molecule has 2 bridgehead atoms. The molecule has 4 rings (SSSR count). The summed E-state index contributed by atoms with van der Waals surface area (Å²) in [5, 5.41) is 0. The van der Waals surface area contributed by atoms with Crippen LogP contribution in [0.2, 0.25) is 0 Å². The molecule has 0 aromatic carbocycles. The zero-order chi connectivity index (χ0) is 8.89. The molecule has 4 fully saturated rings. The summed E-state index contributed by atoms with van der Waals surface area (Å²) in [4.78, 5) is 2.58. The van der Waals surface area contributed by atoms with E-state index in [2.05, 4.69) is 11.8 Å². The lowest BCUT2D eigenvalue weighted by Gasteiger charge is -2.50. The Labute approximate surface area is 89.5 Å². The van der Waals surface area contributed by atoms with Crippen molar-refractivity contribution in [1.82, 2.24) is 4.90 Å². The summed E-state index contributed by atoms with van der Waals surface area (Å²) in [6, 6.07) is 0. The van der Waals surface area contributed by atoms with E-state index in [0.717, 1.165) is 5.92 Å². The van der Waals surface area contributed by atoms with Gasteiger partial charge in [0.15, 0.2) is 0 Å². The van der Waals surface area contributed by atoms with Crippen LogP contribution in [-0.4, -0.2) is 46.8 Å². The monoisotopic (exact) mass is 217 g/mol. The van der Waals surface area contributed by atoms with Crippen molar-refractivity contribution in [2.24, 2.45) is 5.92 Å². The van der Waals surface area contributed by atoms with Crippen LogP contribution in [0.4, 0.5) is 0 Å². The van der Waals surface area contributed by atoms with Crippen molar-refractivity contribution in [3.63, 3.8) is 0 Å². The molecule has 0 radical (unpaired) electrons. The molecule has 4 saturated heterocycles. The second kappa shape index (κ2) is 3.67. The largest absolute Gasteiger partial charge is 0.412 e. The van der Waals surface area contributed by atoms with Gasteiger partial charge in [-0.25, -0.2) is 0 Å². The SMILES string of the molecule is C[C@@H]1O[C@@]2(CS1)CN1CCC2CC1.O. The van der Waals surface area contributed by atoms with E-state index in [1.807, 2.05) is 11.8 Å². The number of piperidine rings is 3. The molecule has 0 aromatic heterocycles. The van der Waals surface area contributed by atoms with Crippen molar-refractivity contribution >= 4 is 11.8 Å². The van der Waals surface area contributed by atoms with Gasteiger partial charge in [0, 0.05) is 12.3 Å². The molecule has 1 spiro atoms. The highest BCUT2D eigenvalue weighted by Crippen LogP contribution is 2.46. The normalized spacial score (nSPS) is 50.8. The summed E-state index contributed by atoms with van der Waals surface area (Å²) in [6.45, 7) is 6.02. The Morgan fingerprint density at radius 1 is 1.36 bits per heavy atom. The van der Waals surface area contributed by atoms with Gasteiger partial charge in [-0.1, -0.05) is 0 Å². The number of ether oxygens (including phenoxy) is 1. The van der Waals surface area contributed by atoms with Crippen LogP contribution in [-0.2, 0) is 4.74 Å². The van der Waals surface area contributed by atoms with Crippen LogP contribution >= 0.6 is 11.8 Å². The van der Waals surface area contributed by atoms with Gasteiger partial charge in [-0.2, -0.15) is 0 Å². The third kappa shape index (κ3) is 1.48. The molecule has 4 aliphatic heterocycles. The Kier molecular flexibility index (Phi) is 2.81. The van der Waals surface area contributed by atoms with Gasteiger partial charge in [0.25, 0.3) is 0 Å². The molecule has 0 unspecified atom stereocenters. The minimum absolute atomic E-state index is 0. The molecule has 3 nitrogen and oxygen atoms in total.